The minimum atomic E-state index is -0.0278. The molecule has 1 N–H and O–H groups in total. The van der Waals surface area contributed by atoms with Gasteiger partial charge in [-0.25, -0.2) is 0 Å². The van der Waals surface area contributed by atoms with Crippen LogP contribution in [0.25, 0.3) is 0 Å². The van der Waals surface area contributed by atoms with Gasteiger partial charge in [-0.2, -0.15) is 0 Å². The number of nitrogens with zero attached hydrogens (tertiary/aromatic N) is 3. The maximum absolute atomic E-state index is 5.85. The van der Waals surface area contributed by atoms with E-state index < -0.39 is 0 Å². The number of benzene rings is 1. The van der Waals surface area contributed by atoms with Crippen molar-refractivity contribution in [3.8, 4) is 5.75 Å². The smallest absolute Gasteiger partial charge is 0.174 e. The Hall–Kier alpha value is -2.86. The van der Waals surface area contributed by atoms with Crippen LogP contribution in [0.1, 0.15) is 55.2 Å². The Morgan fingerprint density at radius 1 is 1.07 bits per heavy atom. The van der Waals surface area contributed by atoms with E-state index in [2.05, 4.69) is 50.2 Å². The van der Waals surface area contributed by atoms with Gasteiger partial charge in [0.1, 0.15) is 11.8 Å². The van der Waals surface area contributed by atoms with Crippen molar-refractivity contribution < 1.29 is 4.74 Å². The highest BCUT2D eigenvalue weighted by atomic mass is 32.1. The van der Waals surface area contributed by atoms with Crippen molar-refractivity contribution in [3.63, 3.8) is 0 Å². The van der Waals surface area contributed by atoms with Crippen LogP contribution in [0.2, 0.25) is 0 Å². The number of hydrogen-bond acceptors (Lipinski definition) is 3. The van der Waals surface area contributed by atoms with Gasteiger partial charge in [-0.3, -0.25) is 4.98 Å². The molecule has 1 saturated carbocycles. The second-order valence-electron chi connectivity index (χ2n) is 7.98. The zero-order chi connectivity index (χ0) is 20.5. The molecule has 6 heteroatoms. The van der Waals surface area contributed by atoms with E-state index in [4.69, 9.17) is 17.0 Å². The summed E-state index contributed by atoms with van der Waals surface area (Å²) in [4.78, 5) is 6.88. The summed E-state index contributed by atoms with van der Waals surface area (Å²) in [5, 5.41) is 4.26. The first-order valence-electron chi connectivity index (χ1n) is 10.6. The van der Waals surface area contributed by atoms with E-state index in [-0.39, 0.29) is 12.1 Å². The summed E-state index contributed by atoms with van der Waals surface area (Å²) in [6, 6.07) is 19.1. The molecule has 2 aliphatic rings. The Labute approximate surface area is 182 Å². The maximum atomic E-state index is 5.85. The molecule has 5 nitrogen and oxygen atoms in total. The lowest BCUT2D eigenvalue weighted by atomic mass is 10.00. The number of ether oxygens (including phenoxy) is 1. The third kappa shape index (κ3) is 3.35. The number of hydrogen-bond donors (Lipinski definition) is 1. The molecule has 0 bridgehead atoms. The largest absolute Gasteiger partial charge is 0.497 e. The van der Waals surface area contributed by atoms with E-state index in [1.165, 1.54) is 31.4 Å². The maximum Gasteiger partial charge on any atom is 0.174 e. The molecule has 2 atom stereocenters. The Balaban J connectivity index is 1.63. The lowest BCUT2D eigenvalue weighted by Crippen LogP contribution is -2.30. The minimum absolute atomic E-state index is 0.00936. The highest BCUT2D eigenvalue weighted by Crippen LogP contribution is 2.44. The molecule has 0 amide bonds. The van der Waals surface area contributed by atoms with E-state index in [0.29, 0.717) is 11.2 Å². The first-order chi connectivity index (χ1) is 14.8. The van der Waals surface area contributed by atoms with Crippen LogP contribution < -0.4 is 15.0 Å². The summed E-state index contributed by atoms with van der Waals surface area (Å²) >= 11 is 5.85. The highest BCUT2D eigenvalue weighted by Gasteiger charge is 2.42. The molecule has 0 spiro atoms. The molecule has 5 rings (SSSR count). The second kappa shape index (κ2) is 8.11. The van der Waals surface area contributed by atoms with Crippen LogP contribution in [0, 0.1) is 0 Å². The summed E-state index contributed by atoms with van der Waals surface area (Å²) in [6.45, 7) is 0. The summed E-state index contributed by atoms with van der Waals surface area (Å²) in [5.41, 5.74) is 3.29. The number of pyridine rings is 1. The predicted molar refractivity (Wildman–Crippen MR) is 123 cm³/mol. The molecule has 1 aromatic carbocycles. The lowest BCUT2D eigenvalue weighted by molar-refractivity contribution is 0.414. The molecule has 1 aliphatic carbocycles. The average Bonchev–Trinajstić information content (AvgIpc) is 3.53. The SMILES string of the molecule is COc1cccc(N2C(=S)N[C@@H](c3ccccn3)[C@H]2c2cccn2C2CCCC2)c1. The van der Waals surface area contributed by atoms with Crippen LogP contribution in [0.15, 0.2) is 67.0 Å². The number of methoxy groups -OCH3 is 1. The van der Waals surface area contributed by atoms with Crippen molar-refractivity contribution >= 4 is 23.0 Å². The standard InChI is InChI=1S/C24H26N4OS/c1-29-19-11-6-10-18(16-19)28-23(21-13-7-15-27(21)17-8-2-3-9-17)22(26-24(28)30)20-12-4-5-14-25-20/h4-7,10-17,22-23H,2-3,8-9H2,1H3,(H,26,30)/t22-,23+/m0/s1. The molecule has 2 fully saturated rings. The van der Waals surface area contributed by atoms with Gasteiger partial charge in [0.05, 0.1) is 18.8 Å². The number of thiocarbonyl (C=S) groups is 1. The fraction of sp³-hybridized carbons (Fsp3) is 0.333. The van der Waals surface area contributed by atoms with Crippen molar-refractivity contribution in [1.29, 1.82) is 0 Å². The average molecular weight is 419 g/mol. The van der Waals surface area contributed by atoms with Crippen LogP contribution in [0.5, 0.6) is 5.75 Å². The number of aromatic nitrogens is 2. The fourth-order valence-electron chi connectivity index (χ4n) is 4.87. The molecule has 2 aromatic heterocycles. The quantitative estimate of drug-likeness (QED) is 0.578. The zero-order valence-electron chi connectivity index (χ0n) is 17.1. The number of rotatable bonds is 5. The monoisotopic (exact) mass is 418 g/mol. The van der Waals surface area contributed by atoms with Gasteiger partial charge in [0, 0.05) is 35.9 Å². The molecule has 1 aliphatic heterocycles. The van der Waals surface area contributed by atoms with Gasteiger partial charge >= 0.3 is 0 Å². The van der Waals surface area contributed by atoms with E-state index >= 15 is 0 Å². The van der Waals surface area contributed by atoms with E-state index in [1.807, 2.05) is 36.5 Å². The first-order valence-corrected chi connectivity index (χ1v) is 11.0. The second-order valence-corrected chi connectivity index (χ2v) is 8.36. The number of anilines is 1. The van der Waals surface area contributed by atoms with Gasteiger partial charge in [0.15, 0.2) is 5.11 Å². The van der Waals surface area contributed by atoms with E-state index in [0.717, 1.165) is 17.1 Å². The molecule has 3 aromatic rings. The molecule has 30 heavy (non-hydrogen) atoms. The van der Waals surface area contributed by atoms with Crippen molar-refractivity contribution in [2.75, 3.05) is 12.0 Å². The normalized spacial score (nSPS) is 21.8. The Kier molecular flexibility index (Phi) is 5.17. The molecular formula is C24H26N4OS. The minimum Gasteiger partial charge on any atom is -0.497 e. The Morgan fingerprint density at radius 2 is 1.93 bits per heavy atom. The van der Waals surface area contributed by atoms with Gasteiger partial charge in [0.2, 0.25) is 0 Å². The van der Waals surface area contributed by atoms with Gasteiger partial charge in [-0.05, 0) is 61.5 Å². The van der Waals surface area contributed by atoms with Gasteiger partial charge in [-0.1, -0.05) is 25.0 Å². The zero-order valence-corrected chi connectivity index (χ0v) is 17.9. The van der Waals surface area contributed by atoms with E-state index in [1.54, 1.807) is 7.11 Å². The molecule has 0 unspecified atom stereocenters. The van der Waals surface area contributed by atoms with Crippen LogP contribution in [0.4, 0.5) is 5.69 Å². The molecular weight excluding hydrogens is 392 g/mol. The Bertz CT molecular complexity index is 1030. The summed E-state index contributed by atoms with van der Waals surface area (Å²) in [6.07, 6.45) is 9.15. The van der Waals surface area contributed by atoms with E-state index in [9.17, 15) is 0 Å². The summed E-state index contributed by atoms with van der Waals surface area (Å²) < 4.78 is 7.95. The van der Waals surface area contributed by atoms with Gasteiger partial charge < -0.3 is 19.5 Å². The third-order valence-electron chi connectivity index (χ3n) is 6.26. The third-order valence-corrected chi connectivity index (χ3v) is 6.58. The van der Waals surface area contributed by atoms with Crippen molar-refractivity contribution in [2.24, 2.45) is 0 Å². The summed E-state index contributed by atoms with van der Waals surface area (Å²) in [7, 11) is 1.69. The molecule has 154 valence electrons. The molecule has 0 radical (unpaired) electrons. The number of nitrogens with one attached hydrogen (secondary N) is 1. The summed E-state index contributed by atoms with van der Waals surface area (Å²) in [5.74, 6) is 0.821. The fourth-order valence-corrected chi connectivity index (χ4v) is 5.21. The molecule has 3 heterocycles. The molecule has 1 saturated heterocycles. The van der Waals surface area contributed by atoms with Crippen molar-refractivity contribution in [1.82, 2.24) is 14.9 Å². The van der Waals surface area contributed by atoms with Crippen LogP contribution in [-0.2, 0) is 0 Å². The van der Waals surface area contributed by atoms with Crippen molar-refractivity contribution in [2.45, 2.75) is 43.8 Å². The van der Waals surface area contributed by atoms with Crippen LogP contribution in [-0.4, -0.2) is 21.8 Å². The van der Waals surface area contributed by atoms with Crippen molar-refractivity contribution in [3.05, 3.63) is 78.4 Å². The van der Waals surface area contributed by atoms with Gasteiger partial charge in [0.25, 0.3) is 0 Å². The Morgan fingerprint density at radius 3 is 2.70 bits per heavy atom. The first kappa shape index (κ1) is 19.1. The lowest BCUT2D eigenvalue weighted by Gasteiger charge is -2.30. The van der Waals surface area contributed by atoms with Gasteiger partial charge in [-0.15, -0.1) is 0 Å². The predicted octanol–water partition coefficient (Wildman–Crippen LogP) is 5.18. The highest BCUT2D eigenvalue weighted by molar-refractivity contribution is 7.80. The topological polar surface area (TPSA) is 42.3 Å². The van der Waals surface area contributed by atoms with Crippen LogP contribution in [0.3, 0.4) is 0 Å². The van der Waals surface area contributed by atoms with Crippen LogP contribution >= 0.6 is 12.2 Å².